The molecule has 3 heteroatoms. The highest BCUT2D eigenvalue weighted by Crippen LogP contribution is 2.21. The monoisotopic (exact) mass is 256 g/mol. The number of hydrogen-bond donors (Lipinski definition) is 2. The molecule has 0 fully saturated rings. The Bertz CT molecular complexity index is 485. The van der Waals surface area contributed by atoms with Gasteiger partial charge in [-0.15, -0.1) is 0 Å². The van der Waals surface area contributed by atoms with Gasteiger partial charge in [0, 0.05) is 6.54 Å². The van der Waals surface area contributed by atoms with Crippen molar-refractivity contribution in [2.24, 2.45) is 5.73 Å². The van der Waals surface area contributed by atoms with Crippen LogP contribution in [-0.4, -0.2) is 13.1 Å². The lowest BCUT2D eigenvalue weighted by molar-refractivity contribution is 0.481. The molecule has 3 nitrogen and oxygen atoms in total. The van der Waals surface area contributed by atoms with Crippen molar-refractivity contribution in [3.8, 4) is 11.5 Å². The van der Waals surface area contributed by atoms with Gasteiger partial charge in [0.25, 0.3) is 0 Å². The SMILES string of the molecule is NCCCNCc1cccc(Oc2ccccc2)c1. The van der Waals surface area contributed by atoms with E-state index in [0.717, 1.165) is 37.6 Å². The zero-order valence-corrected chi connectivity index (χ0v) is 11.0. The van der Waals surface area contributed by atoms with Crippen molar-refractivity contribution in [2.75, 3.05) is 13.1 Å². The average Bonchev–Trinajstić information content (AvgIpc) is 2.45. The van der Waals surface area contributed by atoms with E-state index in [2.05, 4.69) is 17.4 Å². The second kappa shape index (κ2) is 7.56. The standard InChI is InChI=1S/C16H20N2O/c17-10-5-11-18-13-14-6-4-9-16(12-14)19-15-7-2-1-3-8-15/h1-4,6-9,12,18H,5,10-11,13,17H2. The summed E-state index contributed by atoms with van der Waals surface area (Å²) in [7, 11) is 0. The van der Waals surface area contributed by atoms with Gasteiger partial charge in [0.05, 0.1) is 0 Å². The Labute approximate surface area is 114 Å². The molecule has 0 bridgehead atoms. The summed E-state index contributed by atoms with van der Waals surface area (Å²) in [6, 6.07) is 17.9. The maximum absolute atomic E-state index is 5.80. The summed E-state index contributed by atoms with van der Waals surface area (Å²) < 4.78 is 5.80. The molecule has 0 amide bonds. The Morgan fingerprint density at radius 2 is 1.74 bits per heavy atom. The van der Waals surface area contributed by atoms with Crippen molar-refractivity contribution >= 4 is 0 Å². The van der Waals surface area contributed by atoms with Crippen LogP contribution >= 0.6 is 0 Å². The number of nitrogens with two attached hydrogens (primary N) is 1. The fourth-order valence-electron chi connectivity index (χ4n) is 1.80. The Morgan fingerprint density at radius 1 is 0.947 bits per heavy atom. The minimum atomic E-state index is 0.726. The zero-order valence-electron chi connectivity index (χ0n) is 11.0. The molecule has 0 saturated heterocycles. The molecule has 0 aliphatic heterocycles. The normalized spacial score (nSPS) is 10.4. The average molecular weight is 256 g/mol. The van der Waals surface area contributed by atoms with Gasteiger partial charge in [0.2, 0.25) is 0 Å². The first-order chi connectivity index (χ1) is 9.38. The van der Waals surface area contributed by atoms with Crippen LogP contribution in [0.1, 0.15) is 12.0 Å². The van der Waals surface area contributed by atoms with Crippen LogP contribution in [0.5, 0.6) is 11.5 Å². The van der Waals surface area contributed by atoms with Crippen LogP contribution in [-0.2, 0) is 6.54 Å². The van der Waals surface area contributed by atoms with Crippen molar-refractivity contribution in [3.05, 3.63) is 60.2 Å². The maximum Gasteiger partial charge on any atom is 0.127 e. The highest BCUT2D eigenvalue weighted by molar-refractivity contribution is 5.33. The molecule has 0 aromatic heterocycles. The summed E-state index contributed by atoms with van der Waals surface area (Å²) in [5.41, 5.74) is 6.67. The summed E-state index contributed by atoms with van der Waals surface area (Å²) in [6.07, 6.45) is 1.00. The summed E-state index contributed by atoms with van der Waals surface area (Å²) in [5, 5.41) is 3.36. The van der Waals surface area contributed by atoms with Crippen LogP contribution in [0, 0.1) is 0 Å². The first kappa shape index (κ1) is 13.6. The molecule has 3 N–H and O–H groups in total. The van der Waals surface area contributed by atoms with E-state index < -0.39 is 0 Å². The van der Waals surface area contributed by atoms with E-state index in [1.54, 1.807) is 0 Å². The van der Waals surface area contributed by atoms with Crippen molar-refractivity contribution in [3.63, 3.8) is 0 Å². The van der Waals surface area contributed by atoms with E-state index in [0.29, 0.717) is 0 Å². The lowest BCUT2D eigenvalue weighted by atomic mass is 10.2. The molecular weight excluding hydrogens is 236 g/mol. The molecule has 0 unspecified atom stereocenters. The molecule has 0 aliphatic carbocycles. The van der Waals surface area contributed by atoms with Gasteiger partial charge in [-0.05, 0) is 49.3 Å². The largest absolute Gasteiger partial charge is 0.457 e. The van der Waals surface area contributed by atoms with Gasteiger partial charge in [0.15, 0.2) is 0 Å². The van der Waals surface area contributed by atoms with Crippen LogP contribution in [0.4, 0.5) is 0 Å². The molecule has 2 aromatic rings. The minimum Gasteiger partial charge on any atom is -0.457 e. The van der Waals surface area contributed by atoms with E-state index in [4.69, 9.17) is 10.5 Å². The third-order valence-electron chi connectivity index (χ3n) is 2.76. The van der Waals surface area contributed by atoms with Crippen molar-refractivity contribution in [2.45, 2.75) is 13.0 Å². The Balaban J connectivity index is 1.91. The Kier molecular flexibility index (Phi) is 5.41. The van der Waals surface area contributed by atoms with E-state index >= 15 is 0 Å². The van der Waals surface area contributed by atoms with Gasteiger partial charge in [-0.25, -0.2) is 0 Å². The second-order valence-corrected chi connectivity index (χ2v) is 4.38. The van der Waals surface area contributed by atoms with Crippen molar-refractivity contribution in [1.82, 2.24) is 5.32 Å². The quantitative estimate of drug-likeness (QED) is 0.749. The molecule has 0 saturated carbocycles. The number of ether oxygens (including phenoxy) is 1. The third kappa shape index (κ3) is 4.73. The summed E-state index contributed by atoms with van der Waals surface area (Å²) >= 11 is 0. The van der Waals surface area contributed by atoms with Crippen LogP contribution in [0.15, 0.2) is 54.6 Å². The Morgan fingerprint density at radius 3 is 2.53 bits per heavy atom. The highest BCUT2D eigenvalue weighted by atomic mass is 16.5. The van der Waals surface area contributed by atoms with Crippen molar-refractivity contribution in [1.29, 1.82) is 0 Å². The summed E-state index contributed by atoms with van der Waals surface area (Å²) in [6.45, 7) is 2.51. The van der Waals surface area contributed by atoms with Crippen LogP contribution in [0.2, 0.25) is 0 Å². The predicted octanol–water partition coefficient (Wildman–Crippen LogP) is 2.92. The maximum atomic E-state index is 5.80. The number of benzene rings is 2. The third-order valence-corrected chi connectivity index (χ3v) is 2.76. The van der Waals surface area contributed by atoms with Gasteiger partial charge in [-0.2, -0.15) is 0 Å². The van der Waals surface area contributed by atoms with Gasteiger partial charge in [-0.1, -0.05) is 30.3 Å². The van der Waals surface area contributed by atoms with E-state index in [9.17, 15) is 0 Å². The number of rotatable bonds is 7. The summed E-state index contributed by atoms with van der Waals surface area (Å²) in [5.74, 6) is 1.72. The minimum absolute atomic E-state index is 0.726. The van der Waals surface area contributed by atoms with Gasteiger partial charge >= 0.3 is 0 Å². The summed E-state index contributed by atoms with van der Waals surface area (Å²) in [4.78, 5) is 0. The molecule has 0 heterocycles. The fraction of sp³-hybridized carbons (Fsp3) is 0.250. The first-order valence-corrected chi connectivity index (χ1v) is 6.61. The smallest absolute Gasteiger partial charge is 0.127 e. The van der Waals surface area contributed by atoms with Crippen LogP contribution < -0.4 is 15.8 Å². The lowest BCUT2D eigenvalue weighted by Gasteiger charge is -2.08. The van der Waals surface area contributed by atoms with E-state index in [1.165, 1.54) is 5.56 Å². The number of para-hydroxylation sites is 1. The van der Waals surface area contributed by atoms with Gasteiger partial charge in [0.1, 0.15) is 11.5 Å². The molecule has 100 valence electrons. The topological polar surface area (TPSA) is 47.3 Å². The zero-order chi connectivity index (χ0) is 13.3. The molecule has 2 rings (SSSR count). The van der Waals surface area contributed by atoms with Gasteiger partial charge in [-0.3, -0.25) is 0 Å². The second-order valence-electron chi connectivity index (χ2n) is 4.38. The number of hydrogen-bond acceptors (Lipinski definition) is 3. The van der Waals surface area contributed by atoms with E-state index in [-0.39, 0.29) is 0 Å². The molecule has 0 spiro atoms. The molecular formula is C16H20N2O. The first-order valence-electron chi connectivity index (χ1n) is 6.61. The molecule has 19 heavy (non-hydrogen) atoms. The van der Waals surface area contributed by atoms with E-state index in [1.807, 2.05) is 42.5 Å². The Hall–Kier alpha value is -1.84. The van der Waals surface area contributed by atoms with Crippen LogP contribution in [0.3, 0.4) is 0 Å². The lowest BCUT2D eigenvalue weighted by Crippen LogP contribution is -2.17. The van der Waals surface area contributed by atoms with Crippen molar-refractivity contribution < 1.29 is 4.74 Å². The predicted molar refractivity (Wildman–Crippen MR) is 78.3 cm³/mol. The van der Waals surface area contributed by atoms with Crippen LogP contribution in [0.25, 0.3) is 0 Å². The fourth-order valence-corrected chi connectivity index (χ4v) is 1.80. The molecule has 0 aliphatic rings. The highest BCUT2D eigenvalue weighted by Gasteiger charge is 1.98. The molecule has 0 atom stereocenters. The molecule has 0 radical (unpaired) electrons. The molecule has 2 aromatic carbocycles. The number of nitrogens with one attached hydrogen (secondary N) is 1. The van der Waals surface area contributed by atoms with Gasteiger partial charge < -0.3 is 15.8 Å².